The molecule has 3 N–H and O–H groups in total. The van der Waals surface area contributed by atoms with E-state index in [1.54, 1.807) is 30.5 Å². The molecule has 0 radical (unpaired) electrons. The Balaban J connectivity index is 0.00000338. The van der Waals surface area contributed by atoms with Gasteiger partial charge < -0.3 is 20.4 Å². The molecule has 0 aliphatic rings. The minimum atomic E-state index is -0.243. The second-order valence-corrected chi connectivity index (χ2v) is 5.35. The zero-order valence-electron chi connectivity index (χ0n) is 14.6. The fourth-order valence-corrected chi connectivity index (χ4v) is 2.12. The van der Waals surface area contributed by atoms with E-state index in [0.717, 1.165) is 12.0 Å². The zero-order valence-corrected chi connectivity index (χ0v) is 17.0. The number of amides is 1. The topological polar surface area (TPSA) is 78.7 Å². The van der Waals surface area contributed by atoms with Gasteiger partial charge in [-0.1, -0.05) is 12.1 Å². The lowest BCUT2D eigenvalue weighted by atomic mass is 10.1. The number of nitrogens with one attached hydrogen (secondary N) is 3. The van der Waals surface area contributed by atoms with Crippen molar-refractivity contribution in [3.8, 4) is 0 Å². The number of hydrogen-bond acceptors (Lipinski definition) is 3. The quantitative estimate of drug-likeness (QED) is 0.312. The molecule has 1 heterocycles. The van der Waals surface area contributed by atoms with E-state index in [1.807, 2.05) is 6.92 Å². The molecule has 142 valence electrons. The van der Waals surface area contributed by atoms with Gasteiger partial charge in [0.1, 0.15) is 18.1 Å². The molecule has 1 aromatic heterocycles. The standard InChI is InChI=1S/C18H23FN4O2.HI/c1-2-20-18(21-10-9-14-5-7-15(19)8-6-14)23-13-17(24)22-12-16-4-3-11-25-16;/h3-8,11H,2,9-10,12-13H2,1H3,(H,22,24)(H2,20,21,23);1H. The van der Waals surface area contributed by atoms with E-state index in [4.69, 9.17) is 4.42 Å². The van der Waals surface area contributed by atoms with Gasteiger partial charge in [-0.2, -0.15) is 0 Å². The van der Waals surface area contributed by atoms with Crippen molar-refractivity contribution in [3.05, 3.63) is 59.8 Å². The number of rotatable bonds is 8. The summed E-state index contributed by atoms with van der Waals surface area (Å²) in [6.45, 7) is 3.64. The summed E-state index contributed by atoms with van der Waals surface area (Å²) in [4.78, 5) is 16.1. The molecule has 2 aromatic rings. The second kappa shape index (κ2) is 12.3. The molecule has 0 atom stereocenters. The Morgan fingerprint density at radius 3 is 2.58 bits per heavy atom. The summed E-state index contributed by atoms with van der Waals surface area (Å²) in [5.41, 5.74) is 1.03. The summed E-state index contributed by atoms with van der Waals surface area (Å²) >= 11 is 0. The largest absolute Gasteiger partial charge is 0.467 e. The van der Waals surface area contributed by atoms with Gasteiger partial charge >= 0.3 is 0 Å². The van der Waals surface area contributed by atoms with E-state index in [9.17, 15) is 9.18 Å². The first-order valence-corrected chi connectivity index (χ1v) is 8.23. The Bertz CT molecular complexity index is 675. The molecule has 0 aliphatic heterocycles. The molecule has 0 fully saturated rings. The Morgan fingerprint density at radius 1 is 1.15 bits per heavy atom. The van der Waals surface area contributed by atoms with Gasteiger partial charge in [0.2, 0.25) is 5.91 Å². The molecule has 0 saturated heterocycles. The third kappa shape index (κ3) is 8.32. The summed E-state index contributed by atoms with van der Waals surface area (Å²) in [6, 6.07) is 9.96. The first kappa shape index (κ1) is 21.9. The molecule has 26 heavy (non-hydrogen) atoms. The number of benzene rings is 1. The maximum Gasteiger partial charge on any atom is 0.242 e. The molecule has 0 aliphatic carbocycles. The summed E-state index contributed by atoms with van der Waals surface area (Å²) in [5, 5.41) is 8.98. The predicted octanol–water partition coefficient (Wildman–Crippen LogP) is 2.45. The van der Waals surface area contributed by atoms with Crippen LogP contribution >= 0.6 is 24.0 Å². The highest BCUT2D eigenvalue weighted by Gasteiger charge is 2.03. The van der Waals surface area contributed by atoms with Crippen LogP contribution in [0.1, 0.15) is 18.2 Å². The molecule has 2 rings (SSSR count). The van der Waals surface area contributed by atoms with Crippen LogP contribution in [0.3, 0.4) is 0 Å². The Hall–Kier alpha value is -2.10. The SMILES string of the molecule is CCNC(=NCC(=O)NCc1ccco1)NCCc1ccc(F)cc1.I. The van der Waals surface area contributed by atoms with Crippen LogP contribution < -0.4 is 16.0 Å². The average Bonchev–Trinajstić information content (AvgIpc) is 3.13. The number of guanidine groups is 1. The Kier molecular flexibility index (Phi) is 10.4. The molecule has 6 nitrogen and oxygen atoms in total. The van der Waals surface area contributed by atoms with Crippen LogP contribution in [0.2, 0.25) is 0 Å². The third-order valence-corrected chi connectivity index (χ3v) is 3.38. The monoisotopic (exact) mass is 474 g/mol. The van der Waals surface area contributed by atoms with E-state index in [2.05, 4.69) is 20.9 Å². The molecular formula is C18H24FIN4O2. The number of halogens is 2. The third-order valence-electron chi connectivity index (χ3n) is 3.38. The second-order valence-electron chi connectivity index (χ2n) is 5.35. The van der Waals surface area contributed by atoms with Crippen LogP contribution in [0.25, 0.3) is 0 Å². The minimum absolute atomic E-state index is 0. The molecule has 1 aromatic carbocycles. The molecule has 1 amide bonds. The van der Waals surface area contributed by atoms with E-state index in [1.165, 1.54) is 12.1 Å². The predicted molar refractivity (Wildman–Crippen MR) is 110 cm³/mol. The van der Waals surface area contributed by atoms with Crippen LogP contribution in [0, 0.1) is 5.82 Å². The Labute approximate surface area is 169 Å². The average molecular weight is 474 g/mol. The van der Waals surface area contributed by atoms with Crippen LogP contribution in [-0.2, 0) is 17.8 Å². The van der Waals surface area contributed by atoms with Crippen molar-refractivity contribution < 1.29 is 13.6 Å². The van der Waals surface area contributed by atoms with E-state index in [0.29, 0.717) is 31.4 Å². The fourth-order valence-electron chi connectivity index (χ4n) is 2.12. The maximum absolute atomic E-state index is 12.9. The Morgan fingerprint density at radius 2 is 1.92 bits per heavy atom. The summed E-state index contributed by atoms with van der Waals surface area (Å²) in [5.74, 6) is 0.832. The van der Waals surface area contributed by atoms with Gasteiger partial charge in [0.15, 0.2) is 5.96 Å². The number of aliphatic imine (C=N–C) groups is 1. The van der Waals surface area contributed by atoms with Gasteiger partial charge in [-0.25, -0.2) is 9.38 Å². The molecule has 8 heteroatoms. The van der Waals surface area contributed by atoms with E-state index >= 15 is 0 Å². The van der Waals surface area contributed by atoms with Crippen molar-refractivity contribution in [1.29, 1.82) is 0 Å². The first-order chi connectivity index (χ1) is 12.2. The van der Waals surface area contributed by atoms with Crippen LogP contribution in [0.15, 0.2) is 52.1 Å². The normalized spacial score (nSPS) is 10.8. The van der Waals surface area contributed by atoms with Crippen LogP contribution in [0.5, 0.6) is 0 Å². The highest BCUT2D eigenvalue weighted by molar-refractivity contribution is 14.0. The number of hydrogen-bond donors (Lipinski definition) is 3. The van der Waals surface area contributed by atoms with Crippen molar-refractivity contribution in [2.24, 2.45) is 4.99 Å². The molecule has 0 bridgehead atoms. The molecule has 0 saturated carbocycles. The van der Waals surface area contributed by atoms with Crippen molar-refractivity contribution in [1.82, 2.24) is 16.0 Å². The van der Waals surface area contributed by atoms with Crippen LogP contribution in [-0.4, -0.2) is 31.5 Å². The van der Waals surface area contributed by atoms with Crippen molar-refractivity contribution in [3.63, 3.8) is 0 Å². The van der Waals surface area contributed by atoms with E-state index < -0.39 is 0 Å². The fraction of sp³-hybridized carbons (Fsp3) is 0.333. The minimum Gasteiger partial charge on any atom is -0.467 e. The lowest BCUT2D eigenvalue weighted by Crippen LogP contribution is -2.39. The first-order valence-electron chi connectivity index (χ1n) is 8.23. The highest BCUT2D eigenvalue weighted by atomic mass is 127. The van der Waals surface area contributed by atoms with Crippen molar-refractivity contribution in [2.75, 3.05) is 19.6 Å². The lowest BCUT2D eigenvalue weighted by molar-refractivity contribution is -0.119. The van der Waals surface area contributed by atoms with Crippen LogP contribution in [0.4, 0.5) is 4.39 Å². The summed E-state index contributed by atoms with van der Waals surface area (Å²) < 4.78 is 18.0. The lowest BCUT2D eigenvalue weighted by Gasteiger charge is -2.11. The maximum atomic E-state index is 12.9. The van der Waals surface area contributed by atoms with Gasteiger partial charge in [0.05, 0.1) is 12.8 Å². The van der Waals surface area contributed by atoms with Gasteiger partial charge in [-0.3, -0.25) is 4.79 Å². The number of carbonyl (C=O) groups excluding carboxylic acids is 1. The van der Waals surface area contributed by atoms with Crippen molar-refractivity contribution >= 4 is 35.8 Å². The van der Waals surface area contributed by atoms with Gasteiger partial charge in [0, 0.05) is 13.1 Å². The van der Waals surface area contributed by atoms with E-state index in [-0.39, 0.29) is 42.2 Å². The summed E-state index contributed by atoms with van der Waals surface area (Å²) in [7, 11) is 0. The smallest absolute Gasteiger partial charge is 0.242 e. The van der Waals surface area contributed by atoms with Gasteiger partial charge in [-0.15, -0.1) is 24.0 Å². The van der Waals surface area contributed by atoms with Gasteiger partial charge in [-0.05, 0) is 43.2 Å². The number of carbonyl (C=O) groups is 1. The van der Waals surface area contributed by atoms with Gasteiger partial charge in [0.25, 0.3) is 0 Å². The molecule has 0 unspecified atom stereocenters. The van der Waals surface area contributed by atoms with Crippen molar-refractivity contribution in [2.45, 2.75) is 19.9 Å². The summed E-state index contributed by atoms with van der Waals surface area (Å²) in [6.07, 6.45) is 2.29. The number of nitrogens with zero attached hydrogens (tertiary/aromatic N) is 1. The highest BCUT2D eigenvalue weighted by Crippen LogP contribution is 2.02. The molecular weight excluding hydrogens is 450 g/mol. The molecule has 0 spiro atoms. The number of furan rings is 1. The zero-order chi connectivity index (χ0) is 17.9.